The van der Waals surface area contributed by atoms with Crippen molar-refractivity contribution < 1.29 is 30.0 Å². The summed E-state index contributed by atoms with van der Waals surface area (Å²) in [4.78, 5) is 21.5. The largest absolute Gasteiger partial charge is 0.481 e. The molecule has 1 fully saturated rings. The first-order valence-electron chi connectivity index (χ1n) is 10.3. The second-order valence-corrected chi connectivity index (χ2v) is 8.01. The highest BCUT2D eigenvalue weighted by Gasteiger charge is 2.29. The number of hydrogen-bond donors (Lipinski definition) is 5. The minimum Gasteiger partial charge on any atom is -0.481 e. The molecule has 0 aromatic rings. The van der Waals surface area contributed by atoms with Crippen molar-refractivity contribution in [2.45, 2.75) is 108 Å². The van der Waals surface area contributed by atoms with E-state index in [0.29, 0.717) is 19.3 Å². The SMILES string of the molecule is C[C@@H]1N[C@H](C[C@H](CC=O)[C@H](O)CCCCCC[C@@H](O)CC(=O)O)CC[C@H]1O. The minimum absolute atomic E-state index is 0.0363. The van der Waals surface area contributed by atoms with Crippen LogP contribution >= 0.6 is 0 Å². The Morgan fingerprint density at radius 1 is 1.15 bits per heavy atom. The zero-order valence-electron chi connectivity index (χ0n) is 16.4. The van der Waals surface area contributed by atoms with E-state index in [4.69, 9.17) is 5.11 Å². The number of carbonyl (C=O) groups is 2. The average Bonchev–Trinajstić information content (AvgIpc) is 2.60. The fourth-order valence-corrected chi connectivity index (χ4v) is 3.90. The molecule has 7 heteroatoms. The lowest BCUT2D eigenvalue weighted by Crippen LogP contribution is -2.49. The van der Waals surface area contributed by atoms with E-state index in [1.54, 1.807) is 0 Å². The fraction of sp³-hybridized carbons (Fsp3) is 0.900. The summed E-state index contributed by atoms with van der Waals surface area (Å²) in [6.45, 7) is 1.95. The van der Waals surface area contributed by atoms with Gasteiger partial charge in [0.25, 0.3) is 0 Å². The Hall–Kier alpha value is -1.02. The van der Waals surface area contributed by atoms with Gasteiger partial charge < -0.3 is 30.5 Å². The molecule has 0 aromatic carbocycles. The molecule has 0 radical (unpaired) electrons. The highest BCUT2D eigenvalue weighted by Crippen LogP contribution is 2.25. The van der Waals surface area contributed by atoms with Gasteiger partial charge in [0, 0.05) is 18.5 Å². The van der Waals surface area contributed by atoms with Crippen molar-refractivity contribution in [3.05, 3.63) is 0 Å². The number of carboxylic acids is 1. The molecule has 1 saturated heterocycles. The molecule has 0 amide bonds. The van der Waals surface area contributed by atoms with Gasteiger partial charge in [-0.25, -0.2) is 0 Å². The number of nitrogens with one attached hydrogen (secondary N) is 1. The van der Waals surface area contributed by atoms with Crippen molar-refractivity contribution in [2.75, 3.05) is 0 Å². The quantitative estimate of drug-likeness (QED) is 0.226. The molecule has 0 aliphatic carbocycles. The van der Waals surface area contributed by atoms with Crippen molar-refractivity contribution in [3.8, 4) is 0 Å². The monoisotopic (exact) mass is 387 g/mol. The second kappa shape index (κ2) is 13.2. The molecule has 1 aliphatic rings. The van der Waals surface area contributed by atoms with Gasteiger partial charge in [-0.05, 0) is 44.9 Å². The maximum Gasteiger partial charge on any atom is 0.305 e. The third kappa shape index (κ3) is 10.2. The molecule has 7 nitrogen and oxygen atoms in total. The van der Waals surface area contributed by atoms with Gasteiger partial charge in [-0.3, -0.25) is 4.79 Å². The van der Waals surface area contributed by atoms with Gasteiger partial charge in [0.2, 0.25) is 0 Å². The van der Waals surface area contributed by atoms with Crippen LogP contribution in [0, 0.1) is 5.92 Å². The van der Waals surface area contributed by atoms with Crippen LogP contribution in [-0.2, 0) is 9.59 Å². The third-order valence-electron chi connectivity index (χ3n) is 5.61. The minimum atomic E-state index is -0.983. The molecule has 0 bridgehead atoms. The first kappa shape index (κ1) is 24.0. The Morgan fingerprint density at radius 2 is 1.81 bits per heavy atom. The number of carboxylic acid groups (broad SMARTS) is 1. The van der Waals surface area contributed by atoms with Crippen LogP contribution in [0.15, 0.2) is 0 Å². The summed E-state index contributed by atoms with van der Waals surface area (Å²) in [5.41, 5.74) is 0. The van der Waals surface area contributed by atoms with E-state index in [1.165, 1.54) is 0 Å². The highest BCUT2D eigenvalue weighted by molar-refractivity contribution is 5.67. The number of aliphatic hydroxyl groups excluding tert-OH is 3. The summed E-state index contributed by atoms with van der Waals surface area (Å²) >= 11 is 0. The number of carbonyl (C=O) groups excluding carboxylic acids is 1. The molecule has 1 rings (SSSR count). The van der Waals surface area contributed by atoms with Crippen molar-refractivity contribution in [1.82, 2.24) is 5.32 Å². The first-order valence-corrected chi connectivity index (χ1v) is 10.3. The molecule has 0 saturated carbocycles. The standard InChI is InChI=1S/C20H37NO6/c1-14-18(24)9-8-16(21-14)12-15(10-11-22)19(25)7-5-3-2-4-6-17(23)13-20(26)27/h11,14-19,21,23-25H,2-10,12-13H2,1H3,(H,26,27)/t14-,15-,16-,17+,18+,19+/m0/s1. The zero-order valence-corrected chi connectivity index (χ0v) is 16.4. The molecule has 158 valence electrons. The molecule has 5 N–H and O–H groups in total. The Morgan fingerprint density at radius 3 is 2.41 bits per heavy atom. The lowest BCUT2D eigenvalue weighted by Gasteiger charge is -2.35. The normalized spacial score (nSPS) is 26.3. The Balaban J connectivity index is 2.23. The predicted molar refractivity (Wildman–Crippen MR) is 102 cm³/mol. The number of aldehydes is 1. The van der Waals surface area contributed by atoms with E-state index in [-0.39, 0.29) is 30.5 Å². The number of piperidine rings is 1. The molecule has 0 unspecified atom stereocenters. The lowest BCUT2D eigenvalue weighted by molar-refractivity contribution is -0.139. The molecular weight excluding hydrogens is 350 g/mol. The first-order chi connectivity index (χ1) is 12.8. The number of aliphatic hydroxyl groups is 3. The summed E-state index contributed by atoms with van der Waals surface area (Å²) < 4.78 is 0. The highest BCUT2D eigenvalue weighted by atomic mass is 16.4. The lowest BCUT2D eigenvalue weighted by atomic mass is 9.85. The molecule has 1 aliphatic heterocycles. The topological polar surface area (TPSA) is 127 Å². The summed E-state index contributed by atoms with van der Waals surface area (Å²) in [5, 5.41) is 41.8. The molecule has 6 atom stereocenters. The van der Waals surface area contributed by atoms with E-state index in [1.807, 2.05) is 6.92 Å². The van der Waals surface area contributed by atoms with E-state index in [0.717, 1.165) is 51.2 Å². The van der Waals surface area contributed by atoms with E-state index in [2.05, 4.69) is 5.32 Å². The van der Waals surface area contributed by atoms with Crippen LogP contribution in [0.25, 0.3) is 0 Å². The zero-order chi connectivity index (χ0) is 20.2. The second-order valence-electron chi connectivity index (χ2n) is 8.01. The van der Waals surface area contributed by atoms with Gasteiger partial charge in [-0.15, -0.1) is 0 Å². The van der Waals surface area contributed by atoms with Crippen molar-refractivity contribution in [2.24, 2.45) is 5.92 Å². The van der Waals surface area contributed by atoms with Gasteiger partial charge in [0.1, 0.15) is 6.29 Å². The Kier molecular flexibility index (Phi) is 11.7. The molecule has 1 heterocycles. The molecule has 0 aromatic heterocycles. The van der Waals surface area contributed by atoms with Crippen LogP contribution in [0.1, 0.15) is 77.6 Å². The molecule has 0 spiro atoms. The maximum atomic E-state index is 11.0. The smallest absolute Gasteiger partial charge is 0.305 e. The van der Waals surface area contributed by atoms with E-state index >= 15 is 0 Å². The summed E-state index contributed by atoms with van der Waals surface area (Å²) in [7, 11) is 0. The van der Waals surface area contributed by atoms with Crippen molar-refractivity contribution in [3.63, 3.8) is 0 Å². The van der Waals surface area contributed by atoms with E-state index < -0.39 is 18.2 Å². The predicted octanol–water partition coefficient (Wildman–Crippen LogP) is 1.62. The Labute approximate surface area is 162 Å². The number of rotatable bonds is 14. The van der Waals surface area contributed by atoms with Gasteiger partial charge in [-0.2, -0.15) is 0 Å². The van der Waals surface area contributed by atoms with Crippen LogP contribution in [-0.4, -0.2) is 63.1 Å². The number of hydrogen-bond acceptors (Lipinski definition) is 6. The number of aliphatic carboxylic acids is 1. The summed E-state index contributed by atoms with van der Waals surface area (Å²) in [6, 6.07) is 0.257. The number of unbranched alkanes of at least 4 members (excludes halogenated alkanes) is 3. The maximum absolute atomic E-state index is 11.0. The fourth-order valence-electron chi connectivity index (χ4n) is 3.90. The van der Waals surface area contributed by atoms with Crippen molar-refractivity contribution >= 4 is 12.3 Å². The summed E-state index contributed by atoms with van der Waals surface area (Å²) in [5.74, 6) is -1.05. The van der Waals surface area contributed by atoms with Crippen LogP contribution < -0.4 is 5.32 Å². The molecule has 27 heavy (non-hydrogen) atoms. The van der Waals surface area contributed by atoms with Crippen LogP contribution in [0.3, 0.4) is 0 Å². The van der Waals surface area contributed by atoms with Crippen LogP contribution in [0.5, 0.6) is 0 Å². The van der Waals surface area contributed by atoms with Crippen molar-refractivity contribution in [1.29, 1.82) is 0 Å². The molecular formula is C20H37NO6. The van der Waals surface area contributed by atoms with Gasteiger partial charge >= 0.3 is 5.97 Å². The third-order valence-corrected chi connectivity index (χ3v) is 5.61. The Bertz CT molecular complexity index is 433. The van der Waals surface area contributed by atoms with Gasteiger partial charge in [0.05, 0.1) is 24.7 Å². The average molecular weight is 388 g/mol. The summed E-state index contributed by atoms with van der Waals surface area (Å²) in [6.07, 6.45) is 6.26. The van der Waals surface area contributed by atoms with Gasteiger partial charge in [0.15, 0.2) is 0 Å². The van der Waals surface area contributed by atoms with Crippen LogP contribution in [0.4, 0.5) is 0 Å². The van der Waals surface area contributed by atoms with Crippen LogP contribution in [0.2, 0.25) is 0 Å². The van der Waals surface area contributed by atoms with E-state index in [9.17, 15) is 24.9 Å². The van der Waals surface area contributed by atoms with Gasteiger partial charge in [-0.1, -0.05) is 25.7 Å².